The third-order valence-electron chi connectivity index (χ3n) is 1.78. The van der Waals surface area contributed by atoms with Crippen molar-refractivity contribution in [2.45, 2.75) is 19.1 Å². The lowest BCUT2D eigenvalue weighted by Crippen LogP contribution is -2.19. The zero-order chi connectivity index (χ0) is 14.2. The predicted molar refractivity (Wildman–Crippen MR) is 66.1 cm³/mol. The standard InChI is InChI=1S/C10H16F3N5/c1-7(17-5-8(16)4-15)9(2-3-14)18-6-10(11,12)13/h2-5,7H,6,14-16H2,1H3/b3-2-,8-4+,17-5?,18-9?. The molecule has 0 heterocycles. The number of alkyl halides is 3. The Bertz CT molecular complexity index is 368. The summed E-state index contributed by atoms with van der Waals surface area (Å²) in [6, 6.07) is -0.606. The number of aliphatic imine (C=N–C) groups is 2. The highest BCUT2D eigenvalue weighted by molar-refractivity contribution is 6.00. The van der Waals surface area contributed by atoms with Gasteiger partial charge in [-0.15, -0.1) is 0 Å². The highest BCUT2D eigenvalue weighted by Crippen LogP contribution is 2.15. The summed E-state index contributed by atoms with van der Waals surface area (Å²) in [6.07, 6.45) is 0.367. The molecule has 0 aliphatic carbocycles. The van der Waals surface area contributed by atoms with E-state index in [2.05, 4.69) is 9.98 Å². The number of halogens is 3. The molecule has 1 atom stereocenters. The summed E-state index contributed by atoms with van der Waals surface area (Å²) in [7, 11) is 0. The van der Waals surface area contributed by atoms with Crippen LogP contribution >= 0.6 is 0 Å². The van der Waals surface area contributed by atoms with Crippen LogP contribution in [-0.2, 0) is 0 Å². The van der Waals surface area contributed by atoms with Crippen LogP contribution in [0.25, 0.3) is 0 Å². The van der Waals surface area contributed by atoms with Crippen molar-refractivity contribution in [1.82, 2.24) is 0 Å². The van der Waals surface area contributed by atoms with Gasteiger partial charge in [0.2, 0.25) is 0 Å². The van der Waals surface area contributed by atoms with Gasteiger partial charge in [0.25, 0.3) is 0 Å². The first kappa shape index (κ1) is 16.0. The Kier molecular flexibility index (Phi) is 6.54. The van der Waals surface area contributed by atoms with Crippen molar-refractivity contribution < 1.29 is 13.2 Å². The monoisotopic (exact) mass is 263 g/mol. The maximum Gasteiger partial charge on any atom is 0.407 e. The molecular weight excluding hydrogens is 247 g/mol. The third-order valence-corrected chi connectivity index (χ3v) is 1.78. The molecule has 0 rings (SSSR count). The van der Waals surface area contributed by atoms with Crippen molar-refractivity contribution in [3.63, 3.8) is 0 Å². The van der Waals surface area contributed by atoms with Gasteiger partial charge in [-0.25, -0.2) is 0 Å². The van der Waals surface area contributed by atoms with E-state index in [9.17, 15) is 13.2 Å². The molecule has 8 heteroatoms. The first-order valence-electron chi connectivity index (χ1n) is 5.00. The van der Waals surface area contributed by atoms with E-state index in [0.29, 0.717) is 0 Å². The number of allylic oxidation sites excluding steroid dienone is 1. The van der Waals surface area contributed by atoms with Crippen molar-refractivity contribution in [3.05, 3.63) is 24.2 Å². The Morgan fingerprint density at radius 3 is 2.39 bits per heavy atom. The van der Waals surface area contributed by atoms with Gasteiger partial charge in [0.05, 0.1) is 17.5 Å². The number of nitrogens with zero attached hydrogens (tertiary/aromatic N) is 2. The quantitative estimate of drug-likeness (QED) is 0.635. The lowest BCUT2D eigenvalue weighted by Gasteiger charge is -2.08. The van der Waals surface area contributed by atoms with Gasteiger partial charge in [-0.2, -0.15) is 13.2 Å². The maximum absolute atomic E-state index is 12.0. The van der Waals surface area contributed by atoms with E-state index in [0.717, 1.165) is 12.4 Å². The summed E-state index contributed by atoms with van der Waals surface area (Å²) in [5, 5.41) is 0. The summed E-state index contributed by atoms with van der Waals surface area (Å²) in [5.74, 6) is 0. The highest BCUT2D eigenvalue weighted by Gasteiger charge is 2.26. The van der Waals surface area contributed by atoms with E-state index < -0.39 is 18.8 Å². The normalized spacial score (nSPS) is 16.7. The minimum absolute atomic E-state index is 0.107. The van der Waals surface area contributed by atoms with Gasteiger partial charge in [-0.3, -0.25) is 9.98 Å². The van der Waals surface area contributed by atoms with Crippen LogP contribution in [0.3, 0.4) is 0 Å². The molecular formula is C10H16F3N5. The second-order valence-electron chi connectivity index (χ2n) is 3.34. The molecule has 0 spiro atoms. The fraction of sp³-hybridized carbons (Fsp3) is 0.400. The molecule has 0 bridgehead atoms. The van der Waals surface area contributed by atoms with Gasteiger partial charge in [0.15, 0.2) is 0 Å². The minimum Gasteiger partial charge on any atom is -0.405 e. The summed E-state index contributed by atoms with van der Waals surface area (Å²) < 4.78 is 36.1. The van der Waals surface area contributed by atoms with Crippen LogP contribution in [0.5, 0.6) is 0 Å². The Labute approximate surface area is 103 Å². The SMILES string of the molecule is CC(N=C/C(N)=C\N)C(/C=C\N)=NCC(F)(F)F. The van der Waals surface area contributed by atoms with E-state index >= 15 is 0 Å². The molecule has 102 valence electrons. The molecule has 0 aliphatic heterocycles. The molecule has 0 saturated heterocycles. The fourth-order valence-electron chi connectivity index (χ4n) is 0.921. The molecule has 0 aromatic heterocycles. The van der Waals surface area contributed by atoms with Crippen LogP contribution in [0.4, 0.5) is 13.2 Å². The van der Waals surface area contributed by atoms with E-state index in [1.165, 1.54) is 12.3 Å². The maximum atomic E-state index is 12.0. The van der Waals surface area contributed by atoms with Crippen molar-refractivity contribution in [2.24, 2.45) is 27.2 Å². The summed E-state index contributed by atoms with van der Waals surface area (Å²) in [6.45, 7) is 0.282. The molecule has 0 fully saturated rings. The van der Waals surface area contributed by atoms with Crippen molar-refractivity contribution in [3.8, 4) is 0 Å². The molecule has 5 nitrogen and oxygen atoms in total. The summed E-state index contributed by atoms with van der Waals surface area (Å²) in [5.41, 5.74) is 15.9. The molecule has 18 heavy (non-hydrogen) atoms. The summed E-state index contributed by atoms with van der Waals surface area (Å²) >= 11 is 0. The van der Waals surface area contributed by atoms with Crippen LogP contribution in [0.15, 0.2) is 34.2 Å². The number of rotatable bonds is 5. The zero-order valence-electron chi connectivity index (χ0n) is 9.85. The van der Waals surface area contributed by atoms with Crippen LogP contribution in [0.2, 0.25) is 0 Å². The van der Waals surface area contributed by atoms with Gasteiger partial charge in [0.1, 0.15) is 6.54 Å². The molecule has 6 N–H and O–H groups in total. The van der Waals surface area contributed by atoms with Crippen LogP contribution in [0, 0.1) is 0 Å². The Morgan fingerprint density at radius 1 is 1.33 bits per heavy atom. The van der Waals surface area contributed by atoms with Crippen molar-refractivity contribution in [1.29, 1.82) is 0 Å². The zero-order valence-corrected chi connectivity index (χ0v) is 9.85. The first-order chi connectivity index (χ1) is 8.30. The van der Waals surface area contributed by atoms with Gasteiger partial charge < -0.3 is 17.2 Å². The molecule has 0 saturated carbocycles. The van der Waals surface area contributed by atoms with Crippen LogP contribution < -0.4 is 17.2 Å². The van der Waals surface area contributed by atoms with E-state index in [-0.39, 0.29) is 11.4 Å². The minimum atomic E-state index is -4.37. The van der Waals surface area contributed by atoms with E-state index in [1.54, 1.807) is 6.92 Å². The van der Waals surface area contributed by atoms with Gasteiger partial charge in [0, 0.05) is 12.4 Å². The molecule has 0 aromatic rings. The average molecular weight is 263 g/mol. The molecule has 0 aliphatic rings. The van der Waals surface area contributed by atoms with Gasteiger partial charge >= 0.3 is 6.18 Å². The number of hydrogen-bond acceptors (Lipinski definition) is 5. The lowest BCUT2D eigenvalue weighted by molar-refractivity contribution is -0.118. The second kappa shape index (κ2) is 7.36. The predicted octanol–water partition coefficient (Wildman–Crippen LogP) is 0.680. The van der Waals surface area contributed by atoms with E-state index in [4.69, 9.17) is 17.2 Å². The van der Waals surface area contributed by atoms with Crippen LogP contribution in [-0.4, -0.2) is 30.7 Å². The molecule has 0 aromatic carbocycles. The van der Waals surface area contributed by atoms with Gasteiger partial charge in [-0.1, -0.05) is 0 Å². The van der Waals surface area contributed by atoms with Crippen molar-refractivity contribution in [2.75, 3.05) is 6.54 Å². The Balaban J connectivity index is 4.85. The topological polar surface area (TPSA) is 103 Å². The van der Waals surface area contributed by atoms with Gasteiger partial charge in [-0.05, 0) is 19.2 Å². The number of hydrogen-bond donors (Lipinski definition) is 3. The molecule has 1 unspecified atom stereocenters. The fourth-order valence-corrected chi connectivity index (χ4v) is 0.921. The average Bonchev–Trinajstić information content (AvgIpc) is 2.29. The Morgan fingerprint density at radius 2 is 1.94 bits per heavy atom. The van der Waals surface area contributed by atoms with E-state index in [1.807, 2.05) is 0 Å². The Hall–Kier alpha value is -1.99. The number of nitrogens with two attached hydrogens (primary N) is 3. The lowest BCUT2D eigenvalue weighted by atomic mass is 10.2. The third kappa shape index (κ3) is 7.31. The van der Waals surface area contributed by atoms with Crippen LogP contribution in [0.1, 0.15) is 6.92 Å². The second-order valence-corrected chi connectivity index (χ2v) is 3.34. The first-order valence-corrected chi connectivity index (χ1v) is 5.00. The smallest absolute Gasteiger partial charge is 0.405 e. The largest absolute Gasteiger partial charge is 0.407 e. The van der Waals surface area contributed by atoms with Crippen molar-refractivity contribution >= 4 is 11.9 Å². The molecule has 0 radical (unpaired) electrons. The highest BCUT2D eigenvalue weighted by atomic mass is 19.4. The summed E-state index contributed by atoms with van der Waals surface area (Å²) in [4.78, 5) is 7.32. The molecule has 0 amide bonds.